The molecule has 0 spiro atoms. The van der Waals surface area contributed by atoms with Gasteiger partial charge in [-0.1, -0.05) is 13.8 Å². The summed E-state index contributed by atoms with van der Waals surface area (Å²) in [4.78, 5) is 0. The van der Waals surface area contributed by atoms with Crippen molar-refractivity contribution in [1.29, 1.82) is 0 Å². The highest BCUT2D eigenvalue weighted by molar-refractivity contribution is 5.71. The molecule has 2 N–H and O–H groups in total. The maximum absolute atomic E-state index is 13.0. The third-order valence-electron chi connectivity index (χ3n) is 3.04. The van der Waals surface area contributed by atoms with Crippen LogP contribution in [0.25, 0.3) is 11.4 Å². The summed E-state index contributed by atoms with van der Waals surface area (Å²) in [6, 6.07) is 4.47. The summed E-state index contributed by atoms with van der Waals surface area (Å²) in [5.41, 5.74) is 6.82. The number of benzene rings is 1. The van der Waals surface area contributed by atoms with Gasteiger partial charge in [0.25, 0.3) is 0 Å². The smallest absolute Gasteiger partial charge is 0.184 e. The molecule has 0 unspecified atom stereocenters. The molecule has 0 bridgehead atoms. The Hall–Kier alpha value is -1.98. The van der Waals surface area contributed by atoms with Crippen LogP contribution in [0.15, 0.2) is 18.2 Å². The van der Waals surface area contributed by atoms with Crippen LogP contribution in [0.3, 0.4) is 0 Å². The van der Waals surface area contributed by atoms with Crippen molar-refractivity contribution in [2.75, 3.05) is 5.73 Å². The maximum atomic E-state index is 13.0. The third kappa shape index (κ3) is 2.18. The topological polar surface area (TPSA) is 69.6 Å². The van der Waals surface area contributed by atoms with Gasteiger partial charge in [-0.25, -0.2) is 9.07 Å². The summed E-state index contributed by atoms with van der Waals surface area (Å²) in [6.07, 6.45) is 1.85. The van der Waals surface area contributed by atoms with Gasteiger partial charge in [-0.15, -0.1) is 5.10 Å². The lowest BCUT2D eigenvalue weighted by molar-refractivity contribution is 0.422. The molecule has 96 valence electrons. The minimum Gasteiger partial charge on any atom is -0.398 e. The molecule has 0 radical (unpaired) electrons. The number of tetrazole rings is 1. The van der Waals surface area contributed by atoms with Gasteiger partial charge in [-0.2, -0.15) is 0 Å². The first-order valence-electron chi connectivity index (χ1n) is 6.00. The van der Waals surface area contributed by atoms with Gasteiger partial charge in [0.05, 0.1) is 6.04 Å². The van der Waals surface area contributed by atoms with Gasteiger partial charge in [-0.05, 0) is 41.5 Å². The van der Waals surface area contributed by atoms with Crippen LogP contribution in [0.4, 0.5) is 10.1 Å². The molecule has 1 aromatic carbocycles. The van der Waals surface area contributed by atoms with Crippen molar-refractivity contribution in [1.82, 2.24) is 20.2 Å². The quantitative estimate of drug-likeness (QED) is 0.845. The lowest BCUT2D eigenvalue weighted by atomic mass is 10.1. The molecule has 0 aliphatic rings. The minimum atomic E-state index is -0.363. The molecule has 0 fully saturated rings. The highest BCUT2D eigenvalue weighted by atomic mass is 19.1. The van der Waals surface area contributed by atoms with Crippen LogP contribution in [-0.4, -0.2) is 20.2 Å². The molecule has 0 aliphatic carbocycles. The molecule has 0 amide bonds. The van der Waals surface area contributed by atoms with Crippen molar-refractivity contribution in [2.45, 2.75) is 32.7 Å². The van der Waals surface area contributed by atoms with Gasteiger partial charge in [0.15, 0.2) is 5.82 Å². The van der Waals surface area contributed by atoms with Crippen LogP contribution >= 0.6 is 0 Å². The minimum absolute atomic E-state index is 0.222. The molecule has 0 saturated heterocycles. The number of nitrogens with zero attached hydrogens (tertiary/aromatic N) is 4. The lowest BCUT2D eigenvalue weighted by Gasteiger charge is -2.14. The predicted molar refractivity (Wildman–Crippen MR) is 67.2 cm³/mol. The fourth-order valence-electron chi connectivity index (χ4n) is 1.99. The van der Waals surface area contributed by atoms with Crippen LogP contribution < -0.4 is 5.73 Å². The molecular formula is C12H16FN5. The van der Waals surface area contributed by atoms with Gasteiger partial charge in [-0.3, -0.25) is 0 Å². The number of hydrogen-bond acceptors (Lipinski definition) is 4. The van der Waals surface area contributed by atoms with E-state index >= 15 is 0 Å². The van der Waals surface area contributed by atoms with E-state index in [1.165, 1.54) is 12.1 Å². The SMILES string of the molecule is CCC(CC)n1nnnc1-c1ccc(F)cc1N. The molecule has 2 rings (SSSR count). The monoisotopic (exact) mass is 249 g/mol. The maximum Gasteiger partial charge on any atom is 0.184 e. The van der Waals surface area contributed by atoms with E-state index in [9.17, 15) is 4.39 Å². The van der Waals surface area contributed by atoms with E-state index in [0.717, 1.165) is 12.8 Å². The van der Waals surface area contributed by atoms with Crippen LogP contribution in [-0.2, 0) is 0 Å². The first-order valence-corrected chi connectivity index (χ1v) is 6.00. The molecule has 0 saturated carbocycles. The van der Waals surface area contributed by atoms with Gasteiger partial charge in [0.2, 0.25) is 0 Å². The van der Waals surface area contributed by atoms with Crippen molar-refractivity contribution in [3.63, 3.8) is 0 Å². The number of halogens is 1. The second-order valence-corrected chi connectivity index (χ2v) is 4.15. The van der Waals surface area contributed by atoms with E-state index in [2.05, 4.69) is 29.4 Å². The Morgan fingerprint density at radius 2 is 2.06 bits per heavy atom. The van der Waals surface area contributed by atoms with E-state index in [4.69, 9.17) is 5.73 Å². The summed E-state index contributed by atoms with van der Waals surface area (Å²) in [7, 11) is 0. The summed E-state index contributed by atoms with van der Waals surface area (Å²) in [6.45, 7) is 4.15. The van der Waals surface area contributed by atoms with Gasteiger partial charge < -0.3 is 5.73 Å². The van der Waals surface area contributed by atoms with Gasteiger partial charge in [0, 0.05) is 11.3 Å². The fourth-order valence-corrected chi connectivity index (χ4v) is 1.99. The zero-order valence-electron chi connectivity index (χ0n) is 10.5. The fraction of sp³-hybridized carbons (Fsp3) is 0.417. The van der Waals surface area contributed by atoms with Gasteiger partial charge >= 0.3 is 0 Å². The number of aromatic nitrogens is 4. The second kappa shape index (κ2) is 5.12. The number of anilines is 1. The van der Waals surface area contributed by atoms with E-state index < -0.39 is 0 Å². The zero-order chi connectivity index (χ0) is 13.1. The summed E-state index contributed by atoms with van der Waals surface area (Å²) >= 11 is 0. The van der Waals surface area contributed by atoms with Crippen molar-refractivity contribution >= 4 is 5.69 Å². The molecule has 5 nitrogen and oxygen atoms in total. The van der Waals surface area contributed by atoms with E-state index in [-0.39, 0.29) is 11.9 Å². The van der Waals surface area contributed by atoms with Crippen LogP contribution in [0, 0.1) is 5.82 Å². The van der Waals surface area contributed by atoms with Crippen LogP contribution in [0.2, 0.25) is 0 Å². The number of rotatable bonds is 4. The standard InChI is InChI=1S/C12H16FN5/c1-3-9(4-2)18-12(15-16-17-18)10-6-5-8(13)7-11(10)14/h5-7,9H,3-4,14H2,1-2H3. The summed E-state index contributed by atoms with van der Waals surface area (Å²) in [5, 5.41) is 11.7. The number of nitrogen functional groups attached to an aromatic ring is 1. The van der Waals surface area contributed by atoms with E-state index in [0.29, 0.717) is 17.1 Å². The number of hydrogen-bond donors (Lipinski definition) is 1. The first kappa shape index (κ1) is 12.5. The molecule has 18 heavy (non-hydrogen) atoms. The third-order valence-corrected chi connectivity index (χ3v) is 3.04. The van der Waals surface area contributed by atoms with Crippen molar-refractivity contribution in [3.05, 3.63) is 24.0 Å². The molecule has 6 heteroatoms. The Labute approximate surface area is 105 Å². The highest BCUT2D eigenvalue weighted by Crippen LogP contribution is 2.27. The Morgan fingerprint density at radius 3 is 2.67 bits per heavy atom. The molecule has 1 aromatic heterocycles. The van der Waals surface area contributed by atoms with Gasteiger partial charge in [0.1, 0.15) is 5.82 Å². The second-order valence-electron chi connectivity index (χ2n) is 4.15. The molecular weight excluding hydrogens is 233 g/mol. The predicted octanol–water partition coefficient (Wildman–Crippen LogP) is 2.42. The van der Waals surface area contributed by atoms with Crippen LogP contribution in [0.5, 0.6) is 0 Å². The average molecular weight is 249 g/mol. The van der Waals surface area contributed by atoms with Crippen molar-refractivity contribution in [3.8, 4) is 11.4 Å². The molecule has 0 atom stereocenters. The normalized spacial score (nSPS) is 11.1. The Morgan fingerprint density at radius 1 is 1.33 bits per heavy atom. The van der Waals surface area contributed by atoms with E-state index in [1.54, 1.807) is 10.7 Å². The largest absolute Gasteiger partial charge is 0.398 e. The molecule has 2 aromatic rings. The van der Waals surface area contributed by atoms with Crippen molar-refractivity contribution in [2.24, 2.45) is 0 Å². The zero-order valence-corrected chi connectivity index (χ0v) is 10.5. The van der Waals surface area contributed by atoms with E-state index in [1.807, 2.05) is 0 Å². The lowest BCUT2D eigenvalue weighted by Crippen LogP contribution is -2.11. The van der Waals surface area contributed by atoms with Crippen LogP contribution in [0.1, 0.15) is 32.7 Å². The Kier molecular flexibility index (Phi) is 3.55. The average Bonchev–Trinajstić information content (AvgIpc) is 2.80. The number of nitrogens with two attached hydrogens (primary N) is 1. The first-order chi connectivity index (χ1) is 8.67. The molecule has 0 aliphatic heterocycles. The molecule has 1 heterocycles. The van der Waals surface area contributed by atoms with Crippen molar-refractivity contribution < 1.29 is 4.39 Å². The summed E-state index contributed by atoms with van der Waals surface area (Å²) < 4.78 is 14.8. The highest BCUT2D eigenvalue weighted by Gasteiger charge is 2.17. The Balaban J connectivity index is 2.48. The Bertz CT molecular complexity index is 533. The summed E-state index contributed by atoms with van der Waals surface area (Å²) in [5.74, 6) is 0.221.